The van der Waals surface area contributed by atoms with Gasteiger partial charge in [-0.1, -0.05) is 18.2 Å². The summed E-state index contributed by atoms with van der Waals surface area (Å²) in [6.07, 6.45) is 1.79. The Kier molecular flexibility index (Phi) is 4.44. The molecule has 2 atom stereocenters. The molecule has 138 valence electrons. The molecular formula is C21H21FN4S. The lowest BCUT2D eigenvalue weighted by atomic mass is 9.97. The minimum atomic E-state index is -0.236. The molecule has 0 amide bonds. The number of aryl methyl sites for hydroxylation is 1. The molecule has 27 heavy (non-hydrogen) atoms. The number of nitrogens with one attached hydrogen (secondary N) is 1. The van der Waals surface area contributed by atoms with Gasteiger partial charge in [-0.2, -0.15) is 0 Å². The van der Waals surface area contributed by atoms with Crippen LogP contribution >= 0.6 is 12.2 Å². The van der Waals surface area contributed by atoms with Gasteiger partial charge in [0.05, 0.1) is 23.5 Å². The fourth-order valence-electron chi connectivity index (χ4n) is 3.94. The van der Waals surface area contributed by atoms with Crippen molar-refractivity contribution in [3.8, 4) is 5.69 Å². The van der Waals surface area contributed by atoms with Crippen molar-refractivity contribution in [1.82, 2.24) is 19.8 Å². The van der Waals surface area contributed by atoms with E-state index in [4.69, 9.17) is 12.2 Å². The Morgan fingerprint density at radius 2 is 1.85 bits per heavy atom. The molecule has 4 nitrogen and oxygen atoms in total. The van der Waals surface area contributed by atoms with Gasteiger partial charge in [0.15, 0.2) is 5.11 Å². The SMILES string of the molecule is Cc1cc([C@H]2[C@H](c3ccccn3)NC(=S)N2C)c(C)n1-c1ccccc1F. The summed E-state index contributed by atoms with van der Waals surface area (Å²) in [5.74, 6) is -0.236. The van der Waals surface area contributed by atoms with E-state index < -0.39 is 0 Å². The van der Waals surface area contributed by atoms with Crippen LogP contribution in [0.1, 0.15) is 34.7 Å². The highest BCUT2D eigenvalue weighted by atomic mass is 32.1. The highest BCUT2D eigenvalue weighted by molar-refractivity contribution is 7.80. The average molecular weight is 380 g/mol. The van der Waals surface area contributed by atoms with E-state index in [2.05, 4.69) is 21.3 Å². The molecule has 1 aliphatic rings. The van der Waals surface area contributed by atoms with E-state index in [1.54, 1.807) is 18.3 Å². The van der Waals surface area contributed by atoms with Crippen molar-refractivity contribution in [1.29, 1.82) is 0 Å². The van der Waals surface area contributed by atoms with Gasteiger partial charge in [0.25, 0.3) is 0 Å². The van der Waals surface area contributed by atoms with Gasteiger partial charge in [0.2, 0.25) is 0 Å². The van der Waals surface area contributed by atoms with E-state index in [1.165, 1.54) is 6.07 Å². The van der Waals surface area contributed by atoms with E-state index in [-0.39, 0.29) is 17.9 Å². The van der Waals surface area contributed by atoms with Gasteiger partial charge >= 0.3 is 0 Å². The van der Waals surface area contributed by atoms with Crippen molar-refractivity contribution in [2.75, 3.05) is 7.05 Å². The molecule has 0 saturated carbocycles. The lowest BCUT2D eigenvalue weighted by Gasteiger charge is -2.24. The van der Waals surface area contributed by atoms with E-state index in [1.807, 2.05) is 49.7 Å². The Morgan fingerprint density at radius 3 is 2.56 bits per heavy atom. The van der Waals surface area contributed by atoms with Crippen LogP contribution in [0.5, 0.6) is 0 Å². The second-order valence-electron chi connectivity index (χ2n) is 6.85. The number of halogens is 1. The van der Waals surface area contributed by atoms with Gasteiger partial charge in [-0.05, 0) is 62.0 Å². The lowest BCUT2D eigenvalue weighted by molar-refractivity contribution is 0.367. The lowest BCUT2D eigenvalue weighted by Crippen LogP contribution is -2.25. The topological polar surface area (TPSA) is 33.1 Å². The zero-order valence-corrected chi connectivity index (χ0v) is 16.3. The summed E-state index contributed by atoms with van der Waals surface area (Å²) in [5.41, 5.74) is 4.59. The zero-order valence-electron chi connectivity index (χ0n) is 15.5. The Balaban J connectivity index is 1.84. The number of benzene rings is 1. The molecule has 1 N–H and O–H groups in total. The van der Waals surface area contributed by atoms with Crippen LogP contribution in [-0.4, -0.2) is 26.6 Å². The minimum Gasteiger partial charge on any atom is -0.352 e. The van der Waals surface area contributed by atoms with Gasteiger partial charge in [0, 0.05) is 24.6 Å². The molecule has 2 aromatic heterocycles. The van der Waals surface area contributed by atoms with Gasteiger partial charge < -0.3 is 14.8 Å². The molecule has 0 radical (unpaired) electrons. The summed E-state index contributed by atoms with van der Waals surface area (Å²) in [5, 5.41) is 4.07. The average Bonchev–Trinajstić information content (AvgIpc) is 3.12. The quantitative estimate of drug-likeness (QED) is 0.690. The third-order valence-electron chi connectivity index (χ3n) is 5.22. The first-order chi connectivity index (χ1) is 13.0. The van der Waals surface area contributed by atoms with Gasteiger partial charge in [-0.25, -0.2) is 4.39 Å². The summed E-state index contributed by atoms with van der Waals surface area (Å²) in [6.45, 7) is 4.03. The smallest absolute Gasteiger partial charge is 0.169 e. The summed E-state index contributed by atoms with van der Waals surface area (Å²) >= 11 is 5.51. The van der Waals surface area contributed by atoms with E-state index in [0.29, 0.717) is 10.8 Å². The van der Waals surface area contributed by atoms with Crippen molar-refractivity contribution in [3.05, 3.63) is 83.2 Å². The summed E-state index contributed by atoms with van der Waals surface area (Å²) in [4.78, 5) is 6.58. The van der Waals surface area contributed by atoms with Crippen LogP contribution in [0, 0.1) is 19.7 Å². The van der Waals surface area contributed by atoms with Crippen LogP contribution in [0.4, 0.5) is 4.39 Å². The fourth-order valence-corrected chi connectivity index (χ4v) is 4.18. The monoisotopic (exact) mass is 380 g/mol. The molecule has 4 rings (SSSR count). The number of aromatic nitrogens is 2. The van der Waals surface area contributed by atoms with Crippen LogP contribution < -0.4 is 5.32 Å². The number of hydrogen-bond acceptors (Lipinski definition) is 2. The molecular weight excluding hydrogens is 359 g/mol. The summed E-state index contributed by atoms with van der Waals surface area (Å²) < 4.78 is 16.4. The van der Waals surface area contributed by atoms with Crippen LogP contribution in [0.15, 0.2) is 54.7 Å². The molecule has 0 bridgehead atoms. The molecule has 0 spiro atoms. The molecule has 6 heteroatoms. The van der Waals surface area contributed by atoms with Crippen molar-refractivity contribution in [2.24, 2.45) is 0 Å². The number of thiocarbonyl (C=S) groups is 1. The summed E-state index contributed by atoms with van der Waals surface area (Å²) in [7, 11) is 1.98. The first kappa shape index (κ1) is 17.7. The molecule has 1 aliphatic heterocycles. The van der Waals surface area contributed by atoms with Crippen molar-refractivity contribution in [3.63, 3.8) is 0 Å². The zero-order chi connectivity index (χ0) is 19.1. The molecule has 1 saturated heterocycles. The normalized spacial score (nSPS) is 19.4. The maximum absolute atomic E-state index is 14.4. The van der Waals surface area contributed by atoms with Gasteiger partial charge in [-0.3, -0.25) is 4.98 Å². The molecule has 3 aromatic rings. The van der Waals surface area contributed by atoms with Crippen LogP contribution in [0.3, 0.4) is 0 Å². The molecule has 1 fully saturated rings. The summed E-state index contributed by atoms with van der Waals surface area (Å²) in [6, 6.07) is 14.8. The van der Waals surface area contributed by atoms with Gasteiger partial charge in [-0.15, -0.1) is 0 Å². The Labute approximate surface area is 163 Å². The minimum absolute atomic E-state index is 0.0147. The third-order valence-corrected chi connectivity index (χ3v) is 5.63. The number of likely N-dealkylation sites (N-methyl/N-ethyl adjacent to an activating group) is 1. The fraction of sp³-hybridized carbons (Fsp3) is 0.238. The largest absolute Gasteiger partial charge is 0.352 e. The Morgan fingerprint density at radius 1 is 1.11 bits per heavy atom. The number of para-hydroxylation sites is 1. The first-order valence-corrected chi connectivity index (χ1v) is 9.28. The Bertz CT molecular complexity index is 999. The third kappa shape index (κ3) is 2.90. The van der Waals surface area contributed by atoms with E-state index in [0.717, 1.165) is 22.6 Å². The molecule has 1 aromatic carbocycles. The number of pyridine rings is 1. The van der Waals surface area contributed by atoms with Crippen LogP contribution in [0.25, 0.3) is 5.69 Å². The number of hydrogen-bond donors (Lipinski definition) is 1. The predicted octanol–water partition coefficient (Wildman–Crippen LogP) is 4.23. The van der Waals surface area contributed by atoms with E-state index in [9.17, 15) is 4.39 Å². The highest BCUT2D eigenvalue weighted by Crippen LogP contribution is 2.40. The Hall–Kier alpha value is -2.73. The van der Waals surface area contributed by atoms with E-state index >= 15 is 0 Å². The molecule has 0 unspecified atom stereocenters. The van der Waals surface area contributed by atoms with Crippen LogP contribution in [0.2, 0.25) is 0 Å². The maximum atomic E-state index is 14.4. The van der Waals surface area contributed by atoms with Crippen molar-refractivity contribution >= 4 is 17.3 Å². The first-order valence-electron chi connectivity index (χ1n) is 8.87. The second-order valence-corrected chi connectivity index (χ2v) is 7.24. The molecule has 3 heterocycles. The molecule has 0 aliphatic carbocycles. The van der Waals surface area contributed by atoms with Crippen molar-refractivity contribution in [2.45, 2.75) is 25.9 Å². The van der Waals surface area contributed by atoms with Crippen molar-refractivity contribution < 1.29 is 4.39 Å². The maximum Gasteiger partial charge on any atom is 0.169 e. The predicted molar refractivity (Wildman–Crippen MR) is 108 cm³/mol. The van der Waals surface area contributed by atoms with Gasteiger partial charge in [0.1, 0.15) is 5.82 Å². The number of nitrogens with zero attached hydrogens (tertiary/aromatic N) is 3. The standard InChI is InChI=1S/C21H21FN4S/c1-13-12-15(14(2)26(13)18-10-5-4-8-16(18)22)20-19(24-21(27)25(20)3)17-9-6-7-11-23-17/h4-12,19-20H,1-3H3,(H,24,27)/t19-,20-/m0/s1. The second kappa shape index (κ2) is 6.78. The number of rotatable bonds is 3. The van der Waals surface area contributed by atoms with Crippen LogP contribution in [-0.2, 0) is 0 Å². The highest BCUT2D eigenvalue weighted by Gasteiger charge is 2.39.